The summed E-state index contributed by atoms with van der Waals surface area (Å²) >= 11 is 0. The van der Waals surface area contributed by atoms with Gasteiger partial charge in [-0.15, -0.1) is 0 Å². The van der Waals surface area contributed by atoms with Crippen molar-refractivity contribution in [2.75, 3.05) is 13.9 Å². The lowest BCUT2D eigenvalue weighted by molar-refractivity contribution is -0.216. The smallest absolute Gasteiger partial charge is 0.314 e. The van der Waals surface area contributed by atoms with Crippen molar-refractivity contribution in [3.63, 3.8) is 0 Å². The summed E-state index contributed by atoms with van der Waals surface area (Å²) in [5.41, 5.74) is -0.889. The van der Waals surface area contributed by atoms with Crippen LogP contribution in [0.2, 0.25) is 0 Å². The van der Waals surface area contributed by atoms with E-state index in [1.807, 2.05) is 6.92 Å². The van der Waals surface area contributed by atoms with E-state index in [1.165, 1.54) is 7.11 Å². The average molecular weight is 296 g/mol. The van der Waals surface area contributed by atoms with E-state index in [1.54, 1.807) is 0 Å². The standard InChI is InChI=1S/C16H24O5/c1-3-13(17)21-16-7-11-4-12(8-16)6-15(5-11,9-16)14(18)20-10-19-2/h11-12H,3-10H2,1-2H3. The van der Waals surface area contributed by atoms with E-state index in [9.17, 15) is 9.59 Å². The van der Waals surface area contributed by atoms with Crippen molar-refractivity contribution in [2.45, 2.75) is 57.5 Å². The number of rotatable bonds is 5. The number of carbonyl (C=O) groups excluding carboxylic acids is 2. The lowest BCUT2D eigenvalue weighted by Crippen LogP contribution is -2.60. The highest BCUT2D eigenvalue weighted by atomic mass is 16.7. The maximum absolute atomic E-state index is 12.5. The van der Waals surface area contributed by atoms with Gasteiger partial charge in [0.05, 0.1) is 5.41 Å². The van der Waals surface area contributed by atoms with E-state index in [0.29, 0.717) is 24.7 Å². The van der Waals surface area contributed by atoms with Gasteiger partial charge in [-0.05, 0) is 43.9 Å². The molecule has 0 aromatic carbocycles. The molecule has 0 saturated heterocycles. The minimum atomic E-state index is -0.462. The zero-order valence-corrected chi connectivity index (χ0v) is 12.9. The number of esters is 2. The van der Waals surface area contributed by atoms with E-state index in [4.69, 9.17) is 14.2 Å². The Hall–Kier alpha value is -1.10. The van der Waals surface area contributed by atoms with E-state index >= 15 is 0 Å². The van der Waals surface area contributed by atoms with E-state index in [2.05, 4.69) is 0 Å². The quantitative estimate of drug-likeness (QED) is 0.576. The molecular weight excluding hydrogens is 272 g/mol. The third kappa shape index (κ3) is 2.56. The van der Waals surface area contributed by atoms with Crippen molar-refractivity contribution in [3.8, 4) is 0 Å². The van der Waals surface area contributed by atoms with E-state index in [0.717, 1.165) is 32.1 Å². The molecule has 4 aliphatic carbocycles. The van der Waals surface area contributed by atoms with Crippen LogP contribution in [0.1, 0.15) is 51.9 Å². The first-order valence-corrected chi connectivity index (χ1v) is 7.89. The normalized spacial score (nSPS) is 40.1. The van der Waals surface area contributed by atoms with Gasteiger partial charge in [0.2, 0.25) is 0 Å². The van der Waals surface area contributed by atoms with Crippen molar-refractivity contribution >= 4 is 11.9 Å². The first-order valence-electron chi connectivity index (χ1n) is 7.89. The van der Waals surface area contributed by atoms with Crippen molar-refractivity contribution < 1.29 is 23.8 Å². The largest absolute Gasteiger partial charge is 0.459 e. The molecule has 118 valence electrons. The van der Waals surface area contributed by atoms with Gasteiger partial charge in [0.15, 0.2) is 6.79 Å². The molecule has 0 spiro atoms. The second-order valence-corrected chi connectivity index (χ2v) is 7.09. The highest BCUT2D eigenvalue weighted by Gasteiger charge is 2.62. The van der Waals surface area contributed by atoms with Gasteiger partial charge >= 0.3 is 11.9 Å². The third-order valence-corrected chi connectivity index (χ3v) is 5.37. The molecule has 0 amide bonds. The van der Waals surface area contributed by atoms with Gasteiger partial charge in [0, 0.05) is 20.0 Å². The first-order chi connectivity index (χ1) is 10.0. The molecule has 0 N–H and O–H groups in total. The Bertz CT molecular complexity index is 430. The van der Waals surface area contributed by atoms with Gasteiger partial charge in [0.1, 0.15) is 5.60 Å². The van der Waals surface area contributed by atoms with Crippen LogP contribution in [0, 0.1) is 17.3 Å². The lowest BCUT2D eigenvalue weighted by atomic mass is 9.48. The van der Waals surface area contributed by atoms with E-state index in [-0.39, 0.29) is 18.7 Å². The van der Waals surface area contributed by atoms with Gasteiger partial charge < -0.3 is 14.2 Å². The maximum atomic E-state index is 12.5. The van der Waals surface area contributed by atoms with Crippen LogP contribution < -0.4 is 0 Å². The number of ether oxygens (including phenoxy) is 3. The fourth-order valence-corrected chi connectivity index (χ4v) is 5.12. The van der Waals surface area contributed by atoms with Crippen LogP contribution >= 0.6 is 0 Å². The molecule has 4 aliphatic rings. The van der Waals surface area contributed by atoms with Gasteiger partial charge in [0.25, 0.3) is 0 Å². The van der Waals surface area contributed by atoms with Crippen LogP contribution in [0.4, 0.5) is 0 Å². The molecule has 4 saturated carbocycles. The summed E-state index contributed by atoms with van der Waals surface area (Å²) in [5, 5.41) is 0. The van der Waals surface area contributed by atoms with Crippen LogP contribution in [-0.2, 0) is 23.8 Å². The molecule has 5 nitrogen and oxygen atoms in total. The molecule has 21 heavy (non-hydrogen) atoms. The molecule has 4 rings (SSSR count). The van der Waals surface area contributed by atoms with E-state index < -0.39 is 11.0 Å². The fourth-order valence-electron chi connectivity index (χ4n) is 5.12. The summed E-state index contributed by atoms with van der Waals surface area (Å²) in [6.45, 7) is 1.81. The van der Waals surface area contributed by atoms with Gasteiger partial charge in [-0.3, -0.25) is 9.59 Å². The second kappa shape index (κ2) is 5.27. The van der Waals surface area contributed by atoms with Crippen molar-refractivity contribution in [1.82, 2.24) is 0 Å². The SMILES string of the molecule is CCC(=O)OC12CC3CC(C1)CC(C(=O)OCOC)(C3)C2. The van der Waals surface area contributed by atoms with Crippen LogP contribution in [-0.4, -0.2) is 31.4 Å². The summed E-state index contributed by atoms with van der Waals surface area (Å²) in [6.07, 6.45) is 5.74. The number of hydrogen-bond acceptors (Lipinski definition) is 5. The average Bonchev–Trinajstić information content (AvgIpc) is 2.42. The minimum absolute atomic E-state index is 0.00232. The Morgan fingerprint density at radius 2 is 1.81 bits per heavy atom. The maximum Gasteiger partial charge on any atom is 0.314 e. The Morgan fingerprint density at radius 3 is 2.38 bits per heavy atom. The highest BCUT2D eigenvalue weighted by Crippen LogP contribution is 2.63. The monoisotopic (exact) mass is 296 g/mol. The number of hydrogen-bond donors (Lipinski definition) is 0. The number of methoxy groups -OCH3 is 1. The highest BCUT2D eigenvalue weighted by molar-refractivity contribution is 5.78. The fraction of sp³-hybridized carbons (Fsp3) is 0.875. The molecule has 5 heteroatoms. The zero-order chi connectivity index (χ0) is 15.1. The van der Waals surface area contributed by atoms with Crippen LogP contribution in [0.3, 0.4) is 0 Å². The Morgan fingerprint density at radius 1 is 1.14 bits per heavy atom. The first kappa shape index (κ1) is 14.8. The summed E-state index contributed by atoms with van der Waals surface area (Å²) < 4.78 is 15.9. The predicted molar refractivity (Wildman–Crippen MR) is 74.2 cm³/mol. The van der Waals surface area contributed by atoms with Crippen LogP contribution in [0.25, 0.3) is 0 Å². The Kier molecular flexibility index (Phi) is 3.72. The van der Waals surface area contributed by atoms with Crippen molar-refractivity contribution in [3.05, 3.63) is 0 Å². The van der Waals surface area contributed by atoms with Crippen molar-refractivity contribution in [2.24, 2.45) is 17.3 Å². The summed E-state index contributed by atoms with van der Waals surface area (Å²) in [7, 11) is 1.51. The summed E-state index contributed by atoms with van der Waals surface area (Å²) in [4.78, 5) is 24.3. The minimum Gasteiger partial charge on any atom is -0.459 e. The molecule has 0 radical (unpaired) electrons. The van der Waals surface area contributed by atoms with Crippen LogP contribution in [0.5, 0.6) is 0 Å². The third-order valence-electron chi connectivity index (χ3n) is 5.37. The predicted octanol–water partition coefficient (Wildman–Crippen LogP) is 2.43. The molecule has 4 bridgehead atoms. The van der Waals surface area contributed by atoms with Crippen molar-refractivity contribution in [1.29, 1.82) is 0 Å². The molecule has 0 aromatic heterocycles. The van der Waals surface area contributed by atoms with Gasteiger partial charge in [-0.2, -0.15) is 0 Å². The second-order valence-electron chi connectivity index (χ2n) is 7.09. The number of carbonyl (C=O) groups is 2. The molecule has 0 aliphatic heterocycles. The Balaban J connectivity index is 1.81. The molecular formula is C16H24O5. The lowest BCUT2D eigenvalue weighted by Gasteiger charge is -2.59. The summed E-state index contributed by atoms with van der Waals surface area (Å²) in [5.74, 6) is 0.629. The molecule has 2 unspecified atom stereocenters. The molecule has 4 fully saturated rings. The summed E-state index contributed by atoms with van der Waals surface area (Å²) in [6, 6.07) is 0. The molecule has 0 aromatic rings. The Labute approximate surface area is 125 Å². The van der Waals surface area contributed by atoms with Crippen LogP contribution in [0.15, 0.2) is 0 Å². The molecule has 0 heterocycles. The van der Waals surface area contributed by atoms with Gasteiger partial charge in [-0.1, -0.05) is 6.92 Å². The molecule has 2 atom stereocenters. The zero-order valence-electron chi connectivity index (χ0n) is 12.9. The topological polar surface area (TPSA) is 61.8 Å². The van der Waals surface area contributed by atoms with Gasteiger partial charge in [-0.25, -0.2) is 0 Å².